The predicted molar refractivity (Wildman–Crippen MR) is 84.3 cm³/mol. The molecule has 0 bridgehead atoms. The molecule has 1 unspecified atom stereocenters. The summed E-state index contributed by atoms with van der Waals surface area (Å²) in [5.74, 6) is 1.12. The van der Waals surface area contributed by atoms with Crippen LogP contribution in [0, 0.1) is 11.7 Å². The molecule has 1 aliphatic carbocycles. The van der Waals surface area contributed by atoms with Crippen LogP contribution in [0.2, 0.25) is 0 Å². The highest BCUT2D eigenvalue weighted by Crippen LogP contribution is 2.55. The highest BCUT2D eigenvalue weighted by molar-refractivity contribution is 5.82. The third-order valence-corrected chi connectivity index (χ3v) is 5.00. The number of fused-ring (bicyclic) bond motifs is 3. The molecule has 1 atom stereocenters. The first-order valence-electron chi connectivity index (χ1n) is 7.53. The molecule has 0 fully saturated rings. The fourth-order valence-electron chi connectivity index (χ4n) is 3.94. The maximum atomic E-state index is 13.7. The Balaban J connectivity index is 2.37. The first-order valence-corrected chi connectivity index (χ1v) is 7.53. The largest absolute Gasteiger partial charge is 0.497 e. The van der Waals surface area contributed by atoms with E-state index < -0.39 is 0 Å². The summed E-state index contributed by atoms with van der Waals surface area (Å²) >= 11 is 0. The number of methoxy groups -OCH3 is 1. The van der Waals surface area contributed by atoms with E-state index in [4.69, 9.17) is 4.74 Å². The molecule has 0 heterocycles. The van der Waals surface area contributed by atoms with Gasteiger partial charge in [0.1, 0.15) is 11.6 Å². The van der Waals surface area contributed by atoms with E-state index in [1.54, 1.807) is 19.2 Å². The third-order valence-electron chi connectivity index (χ3n) is 5.00. The molecule has 0 aliphatic heterocycles. The zero-order valence-electron chi connectivity index (χ0n) is 13.0. The van der Waals surface area contributed by atoms with Gasteiger partial charge in [0.2, 0.25) is 0 Å². The van der Waals surface area contributed by atoms with Crippen LogP contribution in [0.1, 0.15) is 38.3 Å². The number of hydrogen-bond donors (Lipinski definition) is 0. The summed E-state index contributed by atoms with van der Waals surface area (Å²) in [4.78, 5) is 0. The normalized spacial score (nSPS) is 19.5. The van der Waals surface area contributed by atoms with Crippen LogP contribution in [-0.2, 0) is 5.41 Å². The van der Waals surface area contributed by atoms with Crippen LogP contribution in [0.25, 0.3) is 11.1 Å². The minimum Gasteiger partial charge on any atom is -0.497 e. The Kier molecular flexibility index (Phi) is 3.27. The van der Waals surface area contributed by atoms with Gasteiger partial charge in [0, 0.05) is 5.41 Å². The van der Waals surface area contributed by atoms with Crippen LogP contribution in [0.5, 0.6) is 5.75 Å². The van der Waals surface area contributed by atoms with E-state index in [0.29, 0.717) is 5.92 Å². The topological polar surface area (TPSA) is 9.23 Å². The van der Waals surface area contributed by atoms with Crippen LogP contribution in [0.15, 0.2) is 36.4 Å². The third kappa shape index (κ3) is 1.81. The van der Waals surface area contributed by atoms with Crippen molar-refractivity contribution < 1.29 is 9.13 Å². The van der Waals surface area contributed by atoms with E-state index >= 15 is 0 Å². The monoisotopic (exact) mass is 284 g/mol. The van der Waals surface area contributed by atoms with Gasteiger partial charge >= 0.3 is 0 Å². The maximum absolute atomic E-state index is 13.7. The Morgan fingerprint density at radius 1 is 1.05 bits per heavy atom. The summed E-state index contributed by atoms with van der Waals surface area (Å²) in [6, 6.07) is 11.3. The van der Waals surface area contributed by atoms with Gasteiger partial charge in [0.25, 0.3) is 0 Å². The molecule has 2 heteroatoms. The van der Waals surface area contributed by atoms with E-state index in [9.17, 15) is 4.39 Å². The second-order valence-corrected chi connectivity index (χ2v) is 6.08. The second kappa shape index (κ2) is 4.87. The van der Waals surface area contributed by atoms with Crippen molar-refractivity contribution in [1.82, 2.24) is 0 Å². The quantitative estimate of drug-likeness (QED) is 0.755. The highest BCUT2D eigenvalue weighted by Gasteiger charge is 2.44. The lowest BCUT2D eigenvalue weighted by molar-refractivity contribution is 0.362. The Morgan fingerprint density at radius 2 is 1.81 bits per heavy atom. The van der Waals surface area contributed by atoms with E-state index in [0.717, 1.165) is 23.3 Å². The molecular weight excluding hydrogens is 263 g/mol. The van der Waals surface area contributed by atoms with Crippen molar-refractivity contribution >= 4 is 0 Å². The van der Waals surface area contributed by atoms with Crippen molar-refractivity contribution in [2.45, 2.75) is 32.6 Å². The second-order valence-electron chi connectivity index (χ2n) is 6.08. The lowest BCUT2D eigenvalue weighted by Gasteiger charge is -2.35. The predicted octanol–water partition coefficient (Wildman–Crippen LogP) is 5.17. The molecule has 0 radical (unpaired) electrons. The molecule has 1 aliphatic rings. The van der Waals surface area contributed by atoms with Crippen molar-refractivity contribution in [3.8, 4) is 16.9 Å². The molecule has 0 N–H and O–H groups in total. The van der Waals surface area contributed by atoms with Crippen LogP contribution in [0.4, 0.5) is 4.39 Å². The molecular formula is C19H21FO. The van der Waals surface area contributed by atoms with Gasteiger partial charge in [-0.3, -0.25) is 0 Å². The Hall–Kier alpha value is -1.83. The van der Waals surface area contributed by atoms with Crippen LogP contribution in [0.3, 0.4) is 0 Å². The average Bonchev–Trinajstić information content (AvgIpc) is 2.76. The van der Waals surface area contributed by atoms with Gasteiger partial charge in [-0.05, 0) is 58.9 Å². The van der Waals surface area contributed by atoms with Crippen molar-refractivity contribution in [3.63, 3.8) is 0 Å². The molecule has 2 aromatic carbocycles. The highest BCUT2D eigenvalue weighted by atomic mass is 19.1. The summed E-state index contributed by atoms with van der Waals surface area (Å²) in [6.07, 6.45) is 0.990. The average molecular weight is 284 g/mol. The van der Waals surface area contributed by atoms with E-state index in [2.05, 4.69) is 32.9 Å². The first kappa shape index (κ1) is 14.1. The first-order chi connectivity index (χ1) is 10.0. The van der Waals surface area contributed by atoms with E-state index in [1.165, 1.54) is 11.1 Å². The molecule has 0 saturated carbocycles. The minimum atomic E-state index is -0.175. The Morgan fingerprint density at radius 3 is 2.43 bits per heavy atom. The van der Waals surface area contributed by atoms with Gasteiger partial charge in [-0.1, -0.05) is 32.9 Å². The van der Waals surface area contributed by atoms with Crippen LogP contribution in [-0.4, -0.2) is 7.11 Å². The van der Waals surface area contributed by atoms with Crippen molar-refractivity contribution in [1.29, 1.82) is 0 Å². The fourth-order valence-corrected chi connectivity index (χ4v) is 3.94. The molecule has 0 saturated heterocycles. The minimum absolute atomic E-state index is 0.0626. The molecule has 3 rings (SSSR count). The zero-order valence-corrected chi connectivity index (χ0v) is 13.0. The van der Waals surface area contributed by atoms with E-state index in [-0.39, 0.29) is 11.2 Å². The van der Waals surface area contributed by atoms with E-state index in [1.807, 2.05) is 12.1 Å². The van der Waals surface area contributed by atoms with Crippen LogP contribution < -0.4 is 4.74 Å². The van der Waals surface area contributed by atoms with Crippen molar-refractivity contribution in [2.75, 3.05) is 7.11 Å². The Bertz CT molecular complexity index is 690. The SMILES string of the molecule is CCC1(C(C)C)c2ccc(F)cc2-c2ccc(OC)cc21. The van der Waals surface area contributed by atoms with Crippen molar-refractivity contribution in [2.24, 2.45) is 5.92 Å². The Labute approximate surface area is 125 Å². The molecule has 0 amide bonds. The van der Waals surface area contributed by atoms with Crippen LogP contribution >= 0.6 is 0 Å². The van der Waals surface area contributed by atoms with Gasteiger partial charge in [-0.2, -0.15) is 0 Å². The van der Waals surface area contributed by atoms with Gasteiger partial charge in [0.05, 0.1) is 7.11 Å². The molecule has 0 aromatic heterocycles. The fraction of sp³-hybridized carbons (Fsp3) is 0.368. The summed E-state index contributed by atoms with van der Waals surface area (Å²) in [6.45, 7) is 6.69. The number of rotatable bonds is 3. The van der Waals surface area contributed by atoms with Gasteiger partial charge in [-0.25, -0.2) is 4.39 Å². The van der Waals surface area contributed by atoms with Gasteiger partial charge in [-0.15, -0.1) is 0 Å². The number of ether oxygens (including phenoxy) is 1. The number of benzene rings is 2. The smallest absolute Gasteiger partial charge is 0.123 e. The summed E-state index contributed by atoms with van der Waals surface area (Å²) < 4.78 is 19.1. The van der Waals surface area contributed by atoms with Gasteiger partial charge < -0.3 is 4.74 Å². The summed E-state index contributed by atoms with van der Waals surface area (Å²) in [7, 11) is 1.69. The lowest BCUT2D eigenvalue weighted by Crippen LogP contribution is -2.30. The number of hydrogen-bond acceptors (Lipinski definition) is 1. The molecule has 1 nitrogen and oxygen atoms in total. The molecule has 2 aromatic rings. The lowest BCUT2D eigenvalue weighted by atomic mass is 9.68. The summed E-state index contributed by atoms with van der Waals surface area (Å²) in [5, 5.41) is 0. The maximum Gasteiger partial charge on any atom is 0.123 e. The molecule has 21 heavy (non-hydrogen) atoms. The molecule has 0 spiro atoms. The number of halogens is 1. The van der Waals surface area contributed by atoms with Crippen molar-refractivity contribution in [3.05, 3.63) is 53.3 Å². The molecule has 110 valence electrons. The standard InChI is InChI=1S/C19H21FO/c1-5-19(12(2)3)17-9-6-13(20)10-16(17)15-8-7-14(21-4)11-18(15)19/h6-12H,5H2,1-4H3. The van der Waals surface area contributed by atoms with Gasteiger partial charge in [0.15, 0.2) is 0 Å². The summed E-state index contributed by atoms with van der Waals surface area (Å²) in [5.41, 5.74) is 4.61. The zero-order chi connectivity index (χ0) is 15.2.